The molecule has 0 fully saturated rings. The van der Waals surface area contributed by atoms with Crippen LogP contribution in [0.5, 0.6) is 0 Å². The predicted octanol–water partition coefficient (Wildman–Crippen LogP) is 2.28. The molecule has 0 aliphatic heterocycles. The minimum Gasteiger partial charge on any atom is -0.397 e. The van der Waals surface area contributed by atoms with Crippen LogP contribution < -0.4 is 5.73 Å². The Hall–Kier alpha value is -0.820. The van der Waals surface area contributed by atoms with E-state index in [1.165, 1.54) is 10.4 Å². The molecule has 7 heteroatoms. The van der Waals surface area contributed by atoms with E-state index in [4.69, 9.17) is 22.1 Å². The van der Waals surface area contributed by atoms with Gasteiger partial charge in [-0.1, -0.05) is 18.5 Å². The molecule has 114 valence electrons. The summed E-state index contributed by atoms with van der Waals surface area (Å²) >= 11 is 5.90. The second-order valence-electron chi connectivity index (χ2n) is 4.33. The van der Waals surface area contributed by atoms with Gasteiger partial charge in [0.15, 0.2) is 0 Å². The molecule has 0 saturated carbocycles. The van der Waals surface area contributed by atoms with Gasteiger partial charge in [0.25, 0.3) is 0 Å². The average molecular weight is 321 g/mol. The van der Waals surface area contributed by atoms with Crippen molar-refractivity contribution >= 4 is 27.3 Å². The first-order valence-electron chi connectivity index (χ1n) is 6.48. The number of ether oxygens (including phenoxy) is 1. The molecule has 0 heterocycles. The molecular formula is C13H21ClN2O3S. The van der Waals surface area contributed by atoms with Crippen molar-refractivity contribution in [3.8, 4) is 0 Å². The molecule has 0 saturated heterocycles. The van der Waals surface area contributed by atoms with Crippen LogP contribution in [0.2, 0.25) is 5.02 Å². The number of likely N-dealkylation sites (N-methyl/N-ethyl adjacent to an activating group) is 1. The van der Waals surface area contributed by atoms with Crippen LogP contribution in [0.4, 0.5) is 5.69 Å². The highest BCUT2D eigenvalue weighted by molar-refractivity contribution is 7.89. The van der Waals surface area contributed by atoms with Crippen LogP contribution in [0.15, 0.2) is 17.0 Å². The van der Waals surface area contributed by atoms with Gasteiger partial charge in [-0.05, 0) is 31.5 Å². The van der Waals surface area contributed by atoms with E-state index in [1.807, 2.05) is 6.92 Å². The summed E-state index contributed by atoms with van der Waals surface area (Å²) in [4.78, 5) is 0.192. The zero-order valence-corrected chi connectivity index (χ0v) is 13.6. The number of aryl methyl sites for hydroxylation is 1. The van der Waals surface area contributed by atoms with Crippen LogP contribution in [-0.4, -0.2) is 39.0 Å². The van der Waals surface area contributed by atoms with E-state index in [2.05, 4.69) is 0 Å². The third-order valence-electron chi connectivity index (χ3n) is 2.95. The third kappa shape index (κ3) is 3.85. The average Bonchev–Trinajstić information content (AvgIpc) is 2.38. The lowest BCUT2D eigenvalue weighted by Crippen LogP contribution is -2.34. The Morgan fingerprint density at radius 1 is 1.35 bits per heavy atom. The number of nitrogens with two attached hydrogens (primary N) is 1. The zero-order valence-electron chi connectivity index (χ0n) is 12.0. The van der Waals surface area contributed by atoms with Crippen molar-refractivity contribution in [1.82, 2.24) is 4.31 Å². The van der Waals surface area contributed by atoms with E-state index < -0.39 is 10.0 Å². The van der Waals surface area contributed by atoms with Crippen molar-refractivity contribution in [1.29, 1.82) is 0 Å². The summed E-state index contributed by atoms with van der Waals surface area (Å²) in [7, 11) is -3.59. The number of hydrogen-bond acceptors (Lipinski definition) is 4. The number of anilines is 1. The van der Waals surface area contributed by atoms with E-state index in [0.717, 1.165) is 0 Å². The van der Waals surface area contributed by atoms with E-state index in [1.54, 1.807) is 19.9 Å². The second-order valence-corrected chi connectivity index (χ2v) is 6.65. The van der Waals surface area contributed by atoms with Crippen molar-refractivity contribution in [3.63, 3.8) is 0 Å². The highest BCUT2D eigenvalue weighted by Crippen LogP contribution is 2.28. The van der Waals surface area contributed by atoms with Gasteiger partial charge in [-0.25, -0.2) is 8.42 Å². The molecule has 20 heavy (non-hydrogen) atoms. The molecule has 1 rings (SSSR count). The number of nitrogen functional groups attached to an aromatic ring is 1. The molecule has 0 atom stereocenters. The summed E-state index contributed by atoms with van der Waals surface area (Å²) in [5.74, 6) is 0. The van der Waals surface area contributed by atoms with Crippen molar-refractivity contribution in [2.45, 2.75) is 25.7 Å². The first-order valence-corrected chi connectivity index (χ1v) is 8.29. The summed E-state index contributed by atoms with van der Waals surface area (Å²) in [6.07, 6.45) is 0. The highest BCUT2D eigenvalue weighted by Gasteiger charge is 2.25. The summed E-state index contributed by atoms with van der Waals surface area (Å²) in [5.41, 5.74) is 6.55. The summed E-state index contributed by atoms with van der Waals surface area (Å²) in [6, 6.07) is 2.98. The van der Waals surface area contributed by atoms with Crippen LogP contribution >= 0.6 is 11.6 Å². The van der Waals surface area contributed by atoms with Crippen LogP contribution in [0.1, 0.15) is 19.4 Å². The third-order valence-corrected chi connectivity index (χ3v) is 5.40. The molecule has 0 radical (unpaired) electrons. The lowest BCUT2D eigenvalue weighted by molar-refractivity contribution is 0.135. The Bertz CT molecular complexity index is 561. The Labute approximate surface area is 125 Å². The summed E-state index contributed by atoms with van der Waals surface area (Å²) in [5, 5.41) is 0.360. The summed E-state index contributed by atoms with van der Waals surface area (Å²) in [6.45, 7) is 6.98. The van der Waals surface area contributed by atoms with Gasteiger partial charge in [-0.15, -0.1) is 0 Å². The standard InChI is InChI=1S/C13H21ClN2O3S/c1-4-16(6-7-19-5-2)20(17,18)13-9-12(15)11(14)8-10(13)3/h8-9H,4-7,15H2,1-3H3. The zero-order chi connectivity index (χ0) is 15.3. The van der Waals surface area contributed by atoms with Crippen molar-refractivity contribution < 1.29 is 13.2 Å². The van der Waals surface area contributed by atoms with Gasteiger partial charge in [0.05, 0.1) is 22.2 Å². The van der Waals surface area contributed by atoms with Gasteiger partial charge in [-0.2, -0.15) is 4.31 Å². The minimum atomic E-state index is -3.59. The van der Waals surface area contributed by atoms with E-state index in [-0.39, 0.29) is 10.6 Å². The van der Waals surface area contributed by atoms with E-state index in [0.29, 0.717) is 36.9 Å². The molecule has 0 aliphatic rings. The SMILES string of the molecule is CCOCCN(CC)S(=O)(=O)c1cc(N)c(Cl)cc1C. The number of nitrogens with zero attached hydrogens (tertiary/aromatic N) is 1. The minimum absolute atomic E-state index is 0.192. The maximum atomic E-state index is 12.6. The van der Waals surface area contributed by atoms with Crippen LogP contribution in [0.25, 0.3) is 0 Å². The number of hydrogen-bond donors (Lipinski definition) is 1. The molecule has 0 amide bonds. The Morgan fingerprint density at radius 3 is 2.55 bits per heavy atom. The van der Waals surface area contributed by atoms with Crippen LogP contribution in [-0.2, 0) is 14.8 Å². The molecule has 0 unspecified atom stereocenters. The monoisotopic (exact) mass is 320 g/mol. The quantitative estimate of drug-likeness (QED) is 0.618. The number of benzene rings is 1. The van der Waals surface area contributed by atoms with Gasteiger partial charge in [0, 0.05) is 19.7 Å². The van der Waals surface area contributed by atoms with Gasteiger partial charge in [0.2, 0.25) is 10.0 Å². The van der Waals surface area contributed by atoms with Gasteiger partial charge < -0.3 is 10.5 Å². The molecule has 0 spiro atoms. The lowest BCUT2D eigenvalue weighted by atomic mass is 10.2. The number of sulfonamides is 1. The maximum absolute atomic E-state index is 12.6. The number of halogens is 1. The van der Waals surface area contributed by atoms with E-state index >= 15 is 0 Å². The van der Waals surface area contributed by atoms with Crippen molar-refractivity contribution in [2.24, 2.45) is 0 Å². The molecule has 1 aromatic carbocycles. The molecule has 0 aromatic heterocycles. The van der Waals surface area contributed by atoms with Crippen LogP contribution in [0.3, 0.4) is 0 Å². The first-order chi connectivity index (χ1) is 9.34. The molecule has 0 aliphatic carbocycles. The normalized spacial score (nSPS) is 12.1. The highest BCUT2D eigenvalue weighted by atomic mass is 35.5. The van der Waals surface area contributed by atoms with Crippen LogP contribution in [0, 0.1) is 6.92 Å². The largest absolute Gasteiger partial charge is 0.397 e. The summed E-state index contributed by atoms with van der Waals surface area (Å²) < 4.78 is 31.8. The lowest BCUT2D eigenvalue weighted by Gasteiger charge is -2.21. The fraction of sp³-hybridized carbons (Fsp3) is 0.538. The molecule has 0 bridgehead atoms. The molecule has 2 N–H and O–H groups in total. The Morgan fingerprint density at radius 2 is 2.00 bits per heavy atom. The maximum Gasteiger partial charge on any atom is 0.243 e. The fourth-order valence-corrected chi connectivity index (χ4v) is 3.74. The number of rotatable bonds is 7. The van der Waals surface area contributed by atoms with Gasteiger partial charge in [-0.3, -0.25) is 0 Å². The second kappa shape index (κ2) is 7.26. The molecule has 5 nitrogen and oxygen atoms in total. The first kappa shape index (κ1) is 17.2. The van der Waals surface area contributed by atoms with E-state index in [9.17, 15) is 8.42 Å². The van der Waals surface area contributed by atoms with Gasteiger partial charge >= 0.3 is 0 Å². The molecule has 1 aromatic rings. The Balaban J connectivity index is 3.11. The van der Waals surface area contributed by atoms with Crippen molar-refractivity contribution in [2.75, 3.05) is 32.0 Å². The fourth-order valence-electron chi connectivity index (χ4n) is 1.84. The van der Waals surface area contributed by atoms with Gasteiger partial charge in [0.1, 0.15) is 0 Å². The predicted molar refractivity (Wildman–Crippen MR) is 81.5 cm³/mol. The molecular weight excluding hydrogens is 300 g/mol. The van der Waals surface area contributed by atoms with Crippen molar-refractivity contribution in [3.05, 3.63) is 22.7 Å². The topological polar surface area (TPSA) is 72.6 Å². The Kier molecular flexibility index (Phi) is 6.26. The smallest absolute Gasteiger partial charge is 0.243 e.